The van der Waals surface area contributed by atoms with Crippen molar-refractivity contribution in [1.29, 1.82) is 0 Å². The molecule has 2 aliphatic heterocycles. The molecule has 2 saturated heterocycles. The van der Waals surface area contributed by atoms with Gasteiger partial charge in [0, 0.05) is 48.9 Å². The highest BCUT2D eigenvalue weighted by Gasteiger charge is 2.43. The number of hydrogen-bond donors (Lipinski definition) is 2. The number of carbonyl (C=O) groups is 2. The molecule has 2 amide bonds. The largest absolute Gasteiger partial charge is 0.485 e. The van der Waals surface area contributed by atoms with Gasteiger partial charge in [-0.1, -0.05) is 40.9 Å². The fraction of sp³-hybridized carbons (Fsp3) is 0.472. The van der Waals surface area contributed by atoms with E-state index in [2.05, 4.69) is 27.7 Å². The summed E-state index contributed by atoms with van der Waals surface area (Å²) >= 11 is 19.5. The quantitative estimate of drug-likeness (QED) is 0.233. The highest BCUT2D eigenvalue weighted by molar-refractivity contribution is 6.37. The van der Waals surface area contributed by atoms with Gasteiger partial charge in [-0.3, -0.25) is 9.59 Å². The van der Waals surface area contributed by atoms with Crippen molar-refractivity contribution in [1.82, 2.24) is 20.5 Å². The monoisotopic (exact) mass is 697 g/mol. The van der Waals surface area contributed by atoms with Crippen LogP contribution in [-0.2, 0) is 4.79 Å². The highest BCUT2D eigenvalue weighted by atomic mass is 35.5. The molecule has 1 aliphatic carbocycles. The second kappa shape index (κ2) is 14.6. The first-order chi connectivity index (χ1) is 22.6. The van der Waals surface area contributed by atoms with Crippen LogP contribution in [0.4, 0.5) is 5.82 Å². The summed E-state index contributed by atoms with van der Waals surface area (Å²) in [6.45, 7) is 9.33. The van der Waals surface area contributed by atoms with Crippen LogP contribution in [0.2, 0.25) is 15.1 Å². The topological polar surface area (TPSA) is 86.8 Å². The fourth-order valence-corrected chi connectivity index (χ4v) is 7.93. The molecule has 4 atom stereocenters. The van der Waals surface area contributed by atoms with Gasteiger partial charge in [0.2, 0.25) is 5.91 Å². The number of aryl methyl sites for hydroxylation is 1. The standard InChI is InChI=1S/C36H42Cl3N5O3/c1-4-41-35(45)23-5-9-30(37)28(17-23)22(3)44(25-7-8-25)36(46)29-19-40-13-11-27(29)24-6-10-33(42-18-24)43-14-12-26(20-43)47-34-31(38)15-21(2)16-32(34)39/h5-6,9-10,15-18,22,25-27,29,40H,4,7-8,11-14,19-20H2,1-3H3,(H,41,45)/t22?,26-,27+,29-/m0/s1. The van der Waals surface area contributed by atoms with Crippen LogP contribution in [0.1, 0.15) is 78.5 Å². The first-order valence-electron chi connectivity index (χ1n) is 16.6. The van der Waals surface area contributed by atoms with Gasteiger partial charge in [0.1, 0.15) is 11.9 Å². The molecule has 2 N–H and O–H groups in total. The predicted octanol–water partition coefficient (Wildman–Crippen LogP) is 7.20. The Hall–Kier alpha value is -3.04. The molecule has 3 aliphatic rings. The van der Waals surface area contributed by atoms with E-state index in [9.17, 15) is 9.59 Å². The number of benzene rings is 2. The molecule has 1 unspecified atom stereocenters. The number of nitrogens with one attached hydrogen (secondary N) is 2. The van der Waals surface area contributed by atoms with Crippen LogP contribution in [0, 0.1) is 12.8 Å². The van der Waals surface area contributed by atoms with Crippen molar-refractivity contribution in [2.45, 2.75) is 70.6 Å². The van der Waals surface area contributed by atoms with E-state index in [4.69, 9.17) is 44.5 Å². The first kappa shape index (κ1) is 33.8. The second-order valence-corrected chi connectivity index (χ2v) is 14.2. The molecule has 250 valence electrons. The average molecular weight is 699 g/mol. The third-order valence-electron chi connectivity index (χ3n) is 9.55. The van der Waals surface area contributed by atoms with Gasteiger partial charge >= 0.3 is 0 Å². The van der Waals surface area contributed by atoms with Crippen LogP contribution < -0.4 is 20.3 Å². The number of nitrogens with zero attached hydrogens (tertiary/aromatic N) is 3. The lowest BCUT2D eigenvalue weighted by atomic mass is 9.80. The number of piperidine rings is 1. The van der Waals surface area contributed by atoms with E-state index in [-0.39, 0.29) is 41.8 Å². The van der Waals surface area contributed by atoms with E-state index in [1.165, 1.54) is 0 Å². The highest BCUT2D eigenvalue weighted by Crippen LogP contribution is 2.41. The third kappa shape index (κ3) is 7.51. The minimum absolute atomic E-state index is 0.0383. The van der Waals surface area contributed by atoms with Gasteiger partial charge in [-0.2, -0.15) is 0 Å². The van der Waals surface area contributed by atoms with Crippen LogP contribution in [-0.4, -0.2) is 66.6 Å². The van der Waals surface area contributed by atoms with Gasteiger partial charge in [0.25, 0.3) is 5.91 Å². The number of anilines is 1. The SMILES string of the molecule is CCNC(=O)c1ccc(Cl)c(C(C)N(C(=O)[C@H]2CNCC[C@@H]2c2ccc(N3CC[C@H](Oc4c(Cl)cc(C)cc4Cl)C3)nc2)C2CC2)c1. The normalized spacial score (nSPS) is 21.7. The fourth-order valence-electron chi connectivity index (χ4n) is 6.97. The van der Waals surface area contributed by atoms with Crippen LogP contribution in [0.3, 0.4) is 0 Å². The van der Waals surface area contributed by atoms with E-state index in [1.807, 2.05) is 50.1 Å². The number of pyridine rings is 1. The molecular weight excluding hydrogens is 657 g/mol. The van der Waals surface area contributed by atoms with Gasteiger partial charge in [-0.15, -0.1) is 0 Å². The molecule has 2 aromatic carbocycles. The minimum atomic E-state index is -0.269. The molecule has 3 aromatic rings. The van der Waals surface area contributed by atoms with Gasteiger partial charge in [-0.25, -0.2) is 4.98 Å². The Bertz CT molecular complexity index is 1590. The zero-order valence-electron chi connectivity index (χ0n) is 27.1. The molecule has 11 heteroatoms. The Morgan fingerprint density at radius 2 is 1.83 bits per heavy atom. The molecule has 3 fully saturated rings. The van der Waals surface area contributed by atoms with Crippen molar-refractivity contribution >= 4 is 52.4 Å². The second-order valence-electron chi connectivity index (χ2n) is 12.9. The van der Waals surface area contributed by atoms with Crippen molar-refractivity contribution in [3.8, 4) is 5.75 Å². The van der Waals surface area contributed by atoms with Crippen molar-refractivity contribution < 1.29 is 14.3 Å². The van der Waals surface area contributed by atoms with Crippen molar-refractivity contribution in [3.05, 3.63) is 86.0 Å². The summed E-state index contributed by atoms with van der Waals surface area (Å²) in [4.78, 5) is 36.1. The van der Waals surface area contributed by atoms with E-state index >= 15 is 0 Å². The van der Waals surface area contributed by atoms with E-state index in [0.29, 0.717) is 46.0 Å². The zero-order valence-corrected chi connectivity index (χ0v) is 29.3. The summed E-state index contributed by atoms with van der Waals surface area (Å²) in [6.07, 6.45) is 5.49. The maximum atomic E-state index is 14.4. The van der Waals surface area contributed by atoms with Crippen LogP contribution in [0.5, 0.6) is 5.75 Å². The summed E-state index contributed by atoms with van der Waals surface area (Å²) in [6, 6.07) is 13.1. The summed E-state index contributed by atoms with van der Waals surface area (Å²) in [7, 11) is 0. The van der Waals surface area contributed by atoms with Crippen LogP contribution in [0.25, 0.3) is 0 Å². The molecule has 3 heterocycles. The number of amides is 2. The van der Waals surface area contributed by atoms with Gasteiger partial charge in [0.05, 0.1) is 28.5 Å². The smallest absolute Gasteiger partial charge is 0.251 e. The minimum Gasteiger partial charge on any atom is -0.485 e. The molecular formula is C36H42Cl3N5O3. The van der Waals surface area contributed by atoms with Gasteiger partial charge < -0.3 is 25.2 Å². The van der Waals surface area contributed by atoms with Gasteiger partial charge in [-0.05, 0) is 106 Å². The van der Waals surface area contributed by atoms with E-state index in [0.717, 1.165) is 61.3 Å². The molecule has 1 saturated carbocycles. The Kier molecular flexibility index (Phi) is 10.5. The maximum absolute atomic E-state index is 14.4. The molecule has 0 radical (unpaired) electrons. The van der Waals surface area contributed by atoms with Crippen molar-refractivity contribution in [2.24, 2.45) is 5.92 Å². The number of aromatic nitrogens is 1. The molecule has 8 nitrogen and oxygen atoms in total. The Balaban J connectivity index is 1.16. The molecule has 47 heavy (non-hydrogen) atoms. The number of halogens is 3. The van der Waals surface area contributed by atoms with Crippen molar-refractivity contribution in [3.63, 3.8) is 0 Å². The number of hydrogen-bond acceptors (Lipinski definition) is 6. The number of rotatable bonds is 10. The summed E-state index contributed by atoms with van der Waals surface area (Å²) < 4.78 is 6.23. The number of carbonyl (C=O) groups excluding carboxylic acids is 2. The lowest BCUT2D eigenvalue weighted by molar-refractivity contribution is -0.139. The van der Waals surface area contributed by atoms with Crippen LogP contribution in [0.15, 0.2) is 48.7 Å². The van der Waals surface area contributed by atoms with E-state index in [1.54, 1.807) is 12.1 Å². The first-order valence-corrected chi connectivity index (χ1v) is 17.7. The van der Waals surface area contributed by atoms with Gasteiger partial charge in [0.15, 0.2) is 5.75 Å². The van der Waals surface area contributed by atoms with Crippen molar-refractivity contribution in [2.75, 3.05) is 37.6 Å². The predicted molar refractivity (Wildman–Crippen MR) is 188 cm³/mol. The lowest BCUT2D eigenvalue weighted by Crippen LogP contribution is -2.48. The maximum Gasteiger partial charge on any atom is 0.251 e. The number of ether oxygens (including phenoxy) is 1. The molecule has 0 bridgehead atoms. The average Bonchev–Trinajstić information content (AvgIpc) is 3.78. The summed E-state index contributed by atoms with van der Waals surface area (Å²) in [5, 5.41) is 7.91. The lowest BCUT2D eigenvalue weighted by Gasteiger charge is -2.38. The molecule has 6 rings (SSSR count). The Labute approximate surface area is 292 Å². The molecule has 0 spiro atoms. The zero-order chi connectivity index (χ0) is 33.2. The summed E-state index contributed by atoms with van der Waals surface area (Å²) in [5.74, 6) is 1.18. The Morgan fingerprint density at radius 1 is 1.06 bits per heavy atom. The third-order valence-corrected chi connectivity index (χ3v) is 10.5. The summed E-state index contributed by atoms with van der Waals surface area (Å²) in [5.41, 5.74) is 3.40. The molecule has 1 aromatic heterocycles. The van der Waals surface area contributed by atoms with E-state index < -0.39 is 0 Å². The Morgan fingerprint density at radius 3 is 2.51 bits per heavy atom. The van der Waals surface area contributed by atoms with Crippen LogP contribution >= 0.6 is 34.8 Å².